The van der Waals surface area contributed by atoms with E-state index in [2.05, 4.69) is 11.9 Å². The van der Waals surface area contributed by atoms with E-state index in [4.69, 9.17) is 9.47 Å². The first-order valence-corrected chi connectivity index (χ1v) is 8.98. The second-order valence-electron chi connectivity index (χ2n) is 6.76. The number of amides is 1. The second-order valence-corrected chi connectivity index (χ2v) is 6.76. The lowest BCUT2D eigenvalue weighted by Crippen LogP contribution is -2.60. The summed E-state index contributed by atoms with van der Waals surface area (Å²) in [5.41, 5.74) is 0.784. The summed E-state index contributed by atoms with van der Waals surface area (Å²) in [5, 5.41) is 23.3. The topological polar surface area (TPSA) is 88.0 Å². The number of likely N-dealkylation sites (N-methyl/N-ethyl adjacent to an activating group) is 1. The molecule has 144 valence electrons. The zero-order valence-corrected chi connectivity index (χ0v) is 15.5. The number of nitrogens with one attached hydrogen (secondary N) is 1. The third-order valence-corrected chi connectivity index (χ3v) is 4.62. The Bertz CT molecular complexity index is 620. The normalized spacial score (nSPS) is 28.5. The number of aliphatic hydroxyl groups is 2. The Kier molecular flexibility index (Phi) is 7.34. The number of ether oxygens (including phenoxy) is 2. The van der Waals surface area contributed by atoms with Crippen molar-refractivity contribution < 1.29 is 24.5 Å². The summed E-state index contributed by atoms with van der Waals surface area (Å²) in [6.45, 7) is 8.31. The highest BCUT2D eigenvalue weighted by Crippen LogP contribution is 2.35. The van der Waals surface area contributed by atoms with Gasteiger partial charge in [0.2, 0.25) is 0 Å². The van der Waals surface area contributed by atoms with Gasteiger partial charge >= 0.3 is 0 Å². The number of benzene rings is 1. The van der Waals surface area contributed by atoms with Crippen LogP contribution in [0.1, 0.15) is 30.9 Å². The molecule has 0 unspecified atom stereocenters. The van der Waals surface area contributed by atoms with Gasteiger partial charge in [0.05, 0.1) is 25.4 Å². The highest BCUT2D eigenvalue weighted by molar-refractivity contribution is 5.85. The van der Waals surface area contributed by atoms with Crippen LogP contribution in [0.2, 0.25) is 0 Å². The Morgan fingerprint density at radius 2 is 2.19 bits per heavy atom. The molecule has 1 aliphatic carbocycles. The smallest absolute Gasteiger partial charge is 0.252 e. The molecule has 6 heteroatoms. The van der Waals surface area contributed by atoms with Crippen molar-refractivity contribution in [1.29, 1.82) is 0 Å². The van der Waals surface area contributed by atoms with Crippen molar-refractivity contribution in [3.05, 3.63) is 48.0 Å². The van der Waals surface area contributed by atoms with Crippen LogP contribution in [-0.4, -0.2) is 53.2 Å². The standard InChI is InChI=1S/C20H29NO5/c1-4-9-25-17-12-20(19(24)21-5-2,11-16(22)18(17)23)26-13-15-8-6-7-14(3)10-15/h4,6-8,10,16-18,22-23H,1,5,9,11-13H2,2-3H3,(H,21,24)/t16-,17+,18-,20+/m1/s1. The van der Waals surface area contributed by atoms with Gasteiger partial charge in [0.25, 0.3) is 5.91 Å². The fourth-order valence-corrected chi connectivity index (χ4v) is 3.30. The molecule has 1 aliphatic rings. The van der Waals surface area contributed by atoms with E-state index in [9.17, 15) is 15.0 Å². The van der Waals surface area contributed by atoms with Gasteiger partial charge < -0.3 is 25.0 Å². The molecule has 1 aromatic rings. The second kappa shape index (κ2) is 9.28. The highest BCUT2D eigenvalue weighted by Gasteiger charge is 2.51. The van der Waals surface area contributed by atoms with Crippen molar-refractivity contribution in [1.82, 2.24) is 5.32 Å². The molecular formula is C20H29NO5. The van der Waals surface area contributed by atoms with Crippen molar-refractivity contribution in [2.75, 3.05) is 13.2 Å². The third-order valence-electron chi connectivity index (χ3n) is 4.62. The first-order chi connectivity index (χ1) is 12.4. The summed E-state index contributed by atoms with van der Waals surface area (Å²) in [5.74, 6) is -0.300. The average molecular weight is 363 g/mol. The quantitative estimate of drug-likeness (QED) is 0.609. The van der Waals surface area contributed by atoms with E-state index in [1.165, 1.54) is 0 Å². The molecule has 1 amide bonds. The number of hydrogen-bond donors (Lipinski definition) is 3. The van der Waals surface area contributed by atoms with E-state index in [1.807, 2.05) is 38.1 Å². The number of rotatable bonds is 8. The Balaban J connectivity index is 2.22. The van der Waals surface area contributed by atoms with Gasteiger partial charge in [0, 0.05) is 19.4 Å². The van der Waals surface area contributed by atoms with Crippen LogP contribution >= 0.6 is 0 Å². The Labute approximate surface area is 154 Å². The Morgan fingerprint density at radius 3 is 2.85 bits per heavy atom. The molecule has 6 nitrogen and oxygen atoms in total. The molecule has 0 saturated heterocycles. The largest absolute Gasteiger partial charge is 0.390 e. The van der Waals surface area contributed by atoms with Gasteiger partial charge in [-0.2, -0.15) is 0 Å². The van der Waals surface area contributed by atoms with Crippen molar-refractivity contribution in [2.45, 2.75) is 57.2 Å². The molecule has 1 aromatic carbocycles. The molecule has 1 fully saturated rings. The SMILES string of the molecule is C=CCO[C@H]1C[C@](OCc2cccc(C)c2)(C(=O)NCC)C[C@@H](O)[C@H]1O. The molecule has 0 heterocycles. The van der Waals surface area contributed by atoms with E-state index in [0.29, 0.717) is 6.54 Å². The van der Waals surface area contributed by atoms with Crippen LogP contribution < -0.4 is 5.32 Å². The summed E-state index contributed by atoms with van der Waals surface area (Å²) in [7, 11) is 0. The van der Waals surface area contributed by atoms with Crippen molar-refractivity contribution in [2.24, 2.45) is 0 Å². The van der Waals surface area contributed by atoms with Crippen molar-refractivity contribution in [3.8, 4) is 0 Å². The minimum Gasteiger partial charge on any atom is -0.390 e. The van der Waals surface area contributed by atoms with Crippen LogP contribution in [0.5, 0.6) is 0 Å². The van der Waals surface area contributed by atoms with Crippen LogP contribution in [0, 0.1) is 6.92 Å². The van der Waals surface area contributed by atoms with Gasteiger partial charge in [-0.1, -0.05) is 35.9 Å². The molecule has 2 rings (SSSR count). The van der Waals surface area contributed by atoms with E-state index < -0.39 is 23.9 Å². The summed E-state index contributed by atoms with van der Waals surface area (Å²) in [6, 6.07) is 7.84. The first-order valence-electron chi connectivity index (χ1n) is 8.98. The van der Waals surface area contributed by atoms with E-state index in [-0.39, 0.29) is 32.0 Å². The van der Waals surface area contributed by atoms with Crippen LogP contribution in [0.4, 0.5) is 0 Å². The minimum absolute atomic E-state index is 0.0137. The van der Waals surface area contributed by atoms with Gasteiger partial charge in [-0.3, -0.25) is 4.79 Å². The third kappa shape index (κ3) is 4.92. The van der Waals surface area contributed by atoms with E-state index in [0.717, 1.165) is 11.1 Å². The molecule has 4 atom stereocenters. The Morgan fingerprint density at radius 1 is 1.42 bits per heavy atom. The summed E-state index contributed by atoms with van der Waals surface area (Å²) < 4.78 is 11.6. The van der Waals surface area contributed by atoms with Crippen LogP contribution in [0.15, 0.2) is 36.9 Å². The summed E-state index contributed by atoms with van der Waals surface area (Å²) >= 11 is 0. The summed E-state index contributed by atoms with van der Waals surface area (Å²) in [4.78, 5) is 12.8. The molecule has 0 radical (unpaired) electrons. The molecule has 3 N–H and O–H groups in total. The lowest BCUT2D eigenvalue weighted by molar-refractivity contribution is -0.196. The zero-order chi connectivity index (χ0) is 19.2. The first kappa shape index (κ1) is 20.6. The molecule has 26 heavy (non-hydrogen) atoms. The van der Waals surface area contributed by atoms with E-state index >= 15 is 0 Å². The molecule has 0 aromatic heterocycles. The van der Waals surface area contributed by atoms with Crippen LogP contribution in [0.3, 0.4) is 0 Å². The number of carbonyl (C=O) groups is 1. The molecular weight excluding hydrogens is 334 g/mol. The van der Waals surface area contributed by atoms with E-state index in [1.54, 1.807) is 6.08 Å². The fourth-order valence-electron chi connectivity index (χ4n) is 3.30. The molecule has 1 saturated carbocycles. The number of aliphatic hydroxyl groups excluding tert-OH is 2. The van der Waals surface area contributed by atoms with Gasteiger partial charge in [0.1, 0.15) is 6.10 Å². The number of carbonyl (C=O) groups excluding carboxylic acids is 1. The van der Waals surface area contributed by atoms with Crippen molar-refractivity contribution >= 4 is 5.91 Å². The van der Waals surface area contributed by atoms with Gasteiger partial charge in [-0.05, 0) is 19.4 Å². The lowest BCUT2D eigenvalue weighted by Gasteiger charge is -2.43. The van der Waals surface area contributed by atoms with Crippen LogP contribution in [-0.2, 0) is 20.9 Å². The molecule has 0 aliphatic heterocycles. The highest BCUT2D eigenvalue weighted by atomic mass is 16.5. The monoisotopic (exact) mass is 363 g/mol. The number of aryl methyl sites for hydroxylation is 1. The van der Waals surface area contributed by atoms with Gasteiger partial charge in [-0.15, -0.1) is 6.58 Å². The van der Waals surface area contributed by atoms with Crippen molar-refractivity contribution in [3.63, 3.8) is 0 Å². The minimum atomic E-state index is -1.26. The lowest BCUT2D eigenvalue weighted by atomic mass is 9.78. The van der Waals surface area contributed by atoms with Gasteiger partial charge in [0.15, 0.2) is 5.60 Å². The van der Waals surface area contributed by atoms with Crippen LogP contribution in [0.25, 0.3) is 0 Å². The zero-order valence-electron chi connectivity index (χ0n) is 15.5. The maximum atomic E-state index is 12.8. The predicted molar refractivity (Wildman–Crippen MR) is 98.6 cm³/mol. The Hall–Kier alpha value is -1.73. The molecule has 0 spiro atoms. The predicted octanol–water partition coefficient (Wildman–Crippen LogP) is 1.47. The van der Waals surface area contributed by atoms with Gasteiger partial charge in [-0.25, -0.2) is 0 Å². The maximum absolute atomic E-state index is 12.8. The fraction of sp³-hybridized carbons (Fsp3) is 0.550. The average Bonchev–Trinajstić information content (AvgIpc) is 2.62. The summed E-state index contributed by atoms with van der Waals surface area (Å²) in [6.07, 6.45) is -1.15. The molecule has 0 bridgehead atoms. The maximum Gasteiger partial charge on any atom is 0.252 e. The number of hydrogen-bond acceptors (Lipinski definition) is 5.